The number of anilines is 1. The van der Waals surface area contributed by atoms with E-state index in [2.05, 4.69) is 15.3 Å². The molecule has 0 aliphatic rings. The number of nitrogens with one attached hydrogen (secondary N) is 1. The molecule has 0 aromatic carbocycles. The van der Waals surface area contributed by atoms with Crippen molar-refractivity contribution in [3.8, 4) is 6.01 Å². The minimum Gasteiger partial charge on any atom is -0.467 e. The summed E-state index contributed by atoms with van der Waals surface area (Å²) in [6.45, 7) is 1.60. The molecule has 0 aliphatic heterocycles. The first kappa shape index (κ1) is 14.0. The van der Waals surface area contributed by atoms with Crippen molar-refractivity contribution in [2.75, 3.05) is 25.5 Å². The van der Waals surface area contributed by atoms with Gasteiger partial charge in [0.1, 0.15) is 5.02 Å². The van der Waals surface area contributed by atoms with Gasteiger partial charge >= 0.3 is 6.01 Å². The third-order valence-electron chi connectivity index (χ3n) is 2.33. The van der Waals surface area contributed by atoms with Crippen LogP contribution in [0.25, 0.3) is 0 Å². The number of nitrogens with two attached hydrogens (primary N) is 1. The molecule has 0 fully saturated rings. The highest BCUT2D eigenvalue weighted by Gasteiger charge is 2.04. The highest BCUT2D eigenvalue weighted by atomic mass is 35.5. The molecule has 3 N–H and O–H groups in total. The third kappa shape index (κ3) is 5.19. The highest BCUT2D eigenvalue weighted by Crippen LogP contribution is 2.20. The van der Waals surface area contributed by atoms with Gasteiger partial charge in [0.05, 0.1) is 13.3 Å². The first-order valence-electron chi connectivity index (χ1n) is 5.78. The van der Waals surface area contributed by atoms with Gasteiger partial charge in [0.15, 0.2) is 5.82 Å². The molecule has 1 aromatic heterocycles. The molecular weight excluding hydrogens is 240 g/mol. The largest absolute Gasteiger partial charge is 0.467 e. The van der Waals surface area contributed by atoms with E-state index in [-0.39, 0.29) is 0 Å². The molecule has 17 heavy (non-hydrogen) atoms. The summed E-state index contributed by atoms with van der Waals surface area (Å²) >= 11 is 5.96. The van der Waals surface area contributed by atoms with Crippen molar-refractivity contribution in [3.63, 3.8) is 0 Å². The summed E-state index contributed by atoms with van der Waals surface area (Å²) in [7, 11) is 1.53. The summed E-state index contributed by atoms with van der Waals surface area (Å²) in [5.74, 6) is 0.623. The number of aromatic nitrogens is 2. The molecular formula is C11H19ClN4O. The lowest BCUT2D eigenvalue weighted by Gasteiger charge is -2.07. The summed E-state index contributed by atoms with van der Waals surface area (Å²) in [6, 6.07) is 0.319. The Morgan fingerprint density at radius 2 is 2.12 bits per heavy atom. The second kappa shape index (κ2) is 8.08. The molecule has 0 amide bonds. The van der Waals surface area contributed by atoms with Crippen LogP contribution in [0.4, 0.5) is 5.82 Å². The summed E-state index contributed by atoms with van der Waals surface area (Å²) in [6.07, 6.45) is 6.01. The summed E-state index contributed by atoms with van der Waals surface area (Å²) in [5, 5.41) is 3.68. The maximum atomic E-state index is 5.96. The van der Waals surface area contributed by atoms with Crippen molar-refractivity contribution in [3.05, 3.63) is 11.2 Å². The van der Waals surface area contributed by atoms with E-state index >= 15 is 0 Å². The van der Waals surface area contributed by atoms with Crippen LogP contribution in [-0.4, -0.2) is 30.2 Å². The minimum atomic E-state index is 0.319. The lowest BCUT2D eigenvalue weighted by atomic mass is 10.2. The molecule has 1 heterocycles. The van der Waals surface area contributed by atoms with Gasteiger partial charge in [0, 0.05) is 6.54 Å². The van der Waals surface area contributed by atoms with Gasteiger partial charge in [-0.2, -0.15) is 4.98 Å². The van der Waals surface area contributed by atoms with Crippen molar-refractivity contribution < 1.29 is 4.74 Å². The molecule has 0 saturated heterocycles. The standard InChI is InChI=1S/C11H19ClN4O/c1-17-11-15-8-9(12)10(16-11)14-7-5-3-2-4-6-13/h8H,2-7,13H2,1H3,(H,14,15,16). The van der Waals surface area contributed by atoms with E-state index in [1.165, 1.54) is 19.7 Å². The average molecular weight is 259 g/mol. The Hall–Kier alpha value is -1.07. The van der Waals surface area contributed by atoms with Gasteiger partial charge in [-0.1, -0.05) is 24.4 Å². The fourth-order valence-corrected chi connectivity index (χ4v) is 1.56. The van der Waals surface area contributed by atoms with Gasteiger partial charge < -0.3 is 15.8 Å². The zero-order chi connectivity index (χ0) is 12.5. The Balaban J connectivity index is 2.30. The lowest BCUT2D eigenvalue weighted by molar-refractivity contribution is 0.380. The average Bonchev–Trinajstić information content (AvgIpc) is 2.35. The highest BCUT2D eigenvalue weighted by molar-refractivity contribution is 6.32. The van der Waals surface area contributed by atoms with Crippen molar-refractivity contribution in [2.45, 2.75) is 25.7 Å². The minimum absolute atomic E-state index is 0.319. The van der Waals surface area contributed by atoms with E-state index in [0.717, 1.165) is 32.4 Å². The fraction of sp³-hybridized carbons (Fsp3) is 0.636. The number of unbranched alkanes of at least 4 members (excludes halogenated alkanes) is 3. The number of rotatable bonds is 8. The van der Waals surface area contributed by atoms with E-state index in [1.807, 2.05) is 0 Å². The number of ether oxygens (including phenoxy) is 1. The second-order valence-corrected chi connectivity index (χ2v) is 4.09. The van der Waals surface area contributed by atoms with Crippen LogP contribution in [0.1, 0.15) is 25.7 Å². The first-order valence-corrected chi connectivity index (χ1v) is 6.16. The van der Waals surface area contributed by atoms with Crippen LogP contribution in [0.2, 0.25) is 5.02 Å². The van der Waals surface area contributed by atoms with Crippen LogP contribution in [-0.2, 0) is 0 Å². The Bertz CT molecular complexity index is 335. The Morgan fingerprint density at radius 3 is 2.82 bits per heavy atom. The molecule has 0 unspecified atom stereocenters. The van der Waals surface area contributed by atoms with Gasteiger partial charge in [-0.25, -0.2) is 4.98 Å². The molecule has 1 rings (SSSR count). The Labute approximate surface area is 107 Å². The number of hydrogen-bond donors (Lipinski definition) is 2. The van der Waals surface area contributed by atoms with Crippen LogP contribution in [0.15, 0.2) is 6.20 Å². The maximum absolute atomic E-state index is 5.96. The van der Waals surface area contributed by atoms with Crippen LogP contribution < -0.4 is 15.8 Å². The lowest BCUT2D eigenvalue weighted by Crippen LogP contribution is -2.06. The number of halogens is 1. The molecule has 5 nitrogen and oxygen atoms in total. The van der Waals surface area contributed by atoms with Crippen molar-refractivity contribution >= 4 is 17.4 Å². The van der Waals surface area contributed by atoms with Crippen LogP contribution in [0, 0.1) is 0 Å². The normalized spacial score (nSPS) is 10.3. The molecule has 0 radical (unpaired) electrons. The molecule has 0 aliphatic carbocycles. The quantitative estimate of drug-likeness (QED) is 0.699. The summed E-state index contributed by atoms with van der Waals surface area (Å²) in [4.78, 5) is 8.04. The summed E-state index contributed by atoms with van der Waals surface area (Å²) in [5.41, 5.74) is 5.42. The molecule has 0 atom stereocenters. The predicted molar refractivity (Wildman–Crippen MR) is 69.6 cm³/mol. The van der Waals surface area contributed by atoms with Crippen molar-refractivity contribution in [2.24, 2.45) is 5.73 Å². The van der Waals surface area contributed by atoms with Crippen LogP contribution in [0.5, 0.6) is 6.01 Å². The molecule has 96 valence electrons. The number of nitrogens with zero attached hydrogens (tertiary/aromatic N) is 2. The van der Waals surface area contributed by atoms with Gasteiger partial charge in [0.25, 0.3) is 0 Å². The third-order valence-corrected chi connectivity index (χ3v) is 2.60. The zero-order valence-electron chi connectivity index (χ0n) is 10.1. The van der Waals surface area contributed by atoms with E-state index in [9.17, 15) is 0 Å². The maximum Gasteiger partial charge on any atom is 0.318 e. The van der Waals surface area contributed by atoms with E-state index in [1.54, 1.807) is 0 Å². The second-order valence-electron chi connectivity index (χ2n) is 3.68. The summed E-state index contributed by atoms with van der Waals surface area (Å²) < 4.78 is 4.93. The number of hydrogen-bond acceptors (Lipinski definition) is 5. The Kier molecular flexibility index (Phi) is 6.65. The fourth-order valence-electron chi connectivity index (χ4n) is 1.40. The topological polar surface area (TPSA) is 73.1 Å². The zero-order valence-corrected chi connectivity index (χ0v) is 10.8. The van der Waals surface area contributed by atoms with Crippen LogP contribution >= 0.6 is 11.6 Å². The molecule has 0 bridgehead atoms. The first-order chi connectivity index (χ1) is 8.27. The van der Waals surface area contributed by atoms with Crippen molar-refractivity contribution in [1.29, 1.82) is 0 Å². The van der Waals surface area contributed by atoms with Gasteiger partial charge in [-0.05, 0) is 19.4 Å². The van der Waals surface area contributed by atoms with Crippen molar-refractivity contribution in [1.82, 2.24) is 9.97 Å². The molecule has 0 spiro atoms. The SMILES string of the molecule is COc1ncc(Cl)c(NCCCCCCN)n1. The smallest absolute Gasteiger partial charge is 0.318 e. The molecule has 6 heteroatoms. The Morgan fingerprint density at radius 1 is 1.35 bits per heavy atom. The van der Waals surface area contributed by atoms with E-state index in [0.29, 0.717) is 16.9 Å². The molecule has 0 saturated carbocycles. The predicted octanol–water partition coefficient (Wildman–Crippen LogP) is 2.07. The number of methoxy groups -OCH3 is 1. The van der Waals surface area contributed by atoms with Gasteiger partial charge in [-0.3, -0.25) is 0 Å². The van der Waals surface area contributed by atoms with Crippen LogP contribution in [0.3, 0.4) is 0 Å². The monoisotopic (exact) mass is 258 g/mol. The van der Waals surface area contributed by atoms with E-state index < -0.39 is 0 Å². The van der Waals surface area contributed by atoms with Gasteiger partial charge in [0.2, 0.25) is 0 Å². The van der Waals surface area contributed by atoms with E-state index in [4.69, 9.17) is 22.1 Å². The molecule has 1 aromatic rings. The van der Waals surface area contributed by atoms with Gasteiger partial charge in [-0.15, -0.1) is 0 Å².